The molecule has 0 aliphatic heterocycles. The van der Waals surface area contributed by atoms with Gasteiger partial charge in [-0.2, -0.15) is 0 Å². The largest absolute Gasteiger partial charge is 0.466 e. The highest BCUT2D eigenvalue weighted by Gasteiger charge is 2.46. The number of hydrogen-bond acceptors (Lipinski definition) is 8. The highest BCUT2D eigenvalue weighted by molar-refractivity contribution is 6.74. The summed E-state index contributed by atoms with van der Waals surface area (Å²) in [5.74, 6) is -0.0416. The van der Waals surface area contributed by atoms with Crippen molar-refractivity contribution in [1.82, 2.24) is 0 Å². The van der Waals surface area contributed by atoms with Gasteiger partial charge in [0.15, 0.2) is 39.1 Å². The summed E-state index contributed by atoms with van der Waals surface area (Å²) < 4.78 is 33.8. The number of esters is 1. The molecular weight excluding hydrogens is 793 g/mol. The first-order chi connectivity index (χ1) is 26.9. The summed E-state index contributed by atoms with van der Waals surface area (Å²) in [6.07, 6.45) is 2.54. The number of Topliss-reactive ketones (excluding diaryl/α,β-unsaturated/α-hetero) is 1. The SMILES string of the molecule is C=C(/C=C(\C)[C@@](C)(C[C@@H](O)CC(=O)[C@H](O[Si](CC)(CC)CC)[C@@H](O[Si](CC)(CC)CC)[C@H](C)C[C@H](C)O[Si](C)(C)C)O[Si](CC)(CC)CC)C[C@@H](C)CCOC(C)=O. The number of ether oxygens (including phenoxy) is 1. The molecule has 58 heavy (non-hydrogen) atoms. The first kappa shape index (κ1) is 57.3. The van der Waals surface area contributed by atoms with Gasteiger partial charge in [-0.05, 0) is 131 Å². The van der Waals surface area contributed by atoms with Crippen molar-refractivity contribution in [3.8, 4) is 0 Å². The zero-order valence-electron chi connectivity index (χ0n) is 41.2. The summed E-state index contributed by atoms with van der Waals surface area (Å²) >= 11 is 0. The van der Waals surface area contributed by atoms with Crippen LogP contribution in [0.25, 0.3) is 0 Å². The Balaban J connectivity index is 7.16. The van der Waals surface area contributed by atoms with E-state index in [4.69, 9.17) is 22.4 Å². The lowest BCUT2D eigenvalue weighted by Crippen LogP contribution is -2.55. The summed E-state index contributed by atoms with van der Waals surface area (Å²) in [6.45, 7) is 43.6. The van der Waals surface area contributed by atoms with Gasteiger partial charge in [-0.15, -0.1) is 0 Å². The van der Waals surface area contributed by atoms with Gasteiger partial charge in [-0.1, -0.05) is 94.4 Å². The Morgan fingerprint density at radius 1 is 0.724 bits per heavy atom. The molecule has 0 aromatic heterocycles. The lowest BCUT2D eigenvalue weighted by atomic mass is 9.85. The van der Waals surface area contributed by atoms with Crippen LogP contribution < -0.4 is 0 Å². The van der Waals surface area contributed by atoms with Gasteiger partial charge in [-0.3, -0.25) is 9.59 Å². The predicted molar refractivity (Wildman–Crippen MR) is 257 cm³/mol. The first-order valence-corrected chi connectivity index (χ1v) is 34.3. The molecule has 0 saturated heterocycles. The van der Waals surface area contributed by atoms with Crippen molar-refractivity contribution < 1.29 is 37.1 Å². The van der Waals surface area contributed by atoms with E-state index in [1.807, 2.05) is 0 Å². The Bertz CT molecular complexity index is 1220. The molecule has 342 valence electrons. The van der Waals surface area contributed by atoms with Gasteiger partial charge in [0.1, 0.15) is 6.10 Å². The van der Waals surface area contributed by atoms with E-state index in [9.17, 15) is 9.90 Å². The van der Waals surface area contributed by atoms with Crippen molar-refractivity contribution in [3.05, 3.63) is 23.8 Å². The van der Waals surface area contributed by atoms with Gasteiger partial charge >= 0.3 is 5.97 Å². The number of carbonyl (C=O) groups is 2. The minimum Gasteiger partial charge on any atom is -0.466 e. The topological polar surface area (TPSA) is 101 Å². The fraction of sp³-hybridized carbons (Fsp3) is 0.870. The molecule has 0 heterocycles. The maximum atomic E-state index is 15.1. The van der Waals surface area contributed by atoms with Crippen LogP contribution in [-0.4, -0.2) is 86.8 Å². The third kappa shape index (κ3) is 19.1. The predicted octanol–water partition coefficient (Wildman–Crippen LogP) is 13.0. The molecular formula is C46H94O8Si4. The van der Waals surface area contributed by atoms with Gasteiger partial charge in [0.2, 0.25) is 0 Å². The lowest BCUT2D eigenvalue weighted by molar-refractivity contribution is -0.141. The zero-order chi connectivity index (χ0) is 45.1. The Hall–Kier alpha value is -0.712. The van der Waals surface area contributed by atoms with Crippen LogP contribution in [0.4, 0.5) is 0 Å². The normalized spacial score (nSPS) is 17.5. The molecule has 0 amide bonds. The number of allylic oxidation sites excluding steroid dienone is 2. The maximum absolute atomic E-state index is 15.1. The van der Waals surface area contributed by atoms with Crippen molar-refractivity contribution in [2.45, 2.75) is 240 Å². The van der Waals surface area contributed by atoms with Gasteiger partial charge in [-0.25, -0.2) is 0 Å². The monoisotopic (exact) mass is 887 g/mol. The Labute approximate surface area is 362 Å². The van der Waals surface area contributed by atoms with E-state index >= 15 is 4.79 Å². The molecule has 8 nitrogen and oxygen atoms in total. The molecule has 7 atom stereocenters. The molecule has 1 N–H and O–H groups in total. The van der Waals surface area contributed by atoms with Crippen LogP contribution in [0.3, 0.4) is 0 Å². The van der Waals surface area contributed by atoms with E-state index in [1.54, 1.807) is 0 Å². The second-order valence-electron chi connectivity index (χ2n) is 18.9. The molecule has 0 aliphatic carbocycles. The second-order valence-corrected chi connectivity index (χ2v) is 37.5. The van der Waals surface area contributed by atoms with Gasteiger partial charge in [0.25, 0.3) is 0 Å². The van der Waals surface area contributed by atoms with Crippen molar-refractivity contribution in [3.63, 3.8) is 0 Å². The highest BCUT2D eigenvalue weighted by Crippen LogP contribution is 2.38. The first-order valence-electron chi connectivity index (χ1n) is 23.3. The third-order valence-electron chi connectivity index (χ3n) is 13.3. The summed E-state index contributed by atoms with van der Waals surface area (Å²) in [5.41, 5.74) is 1.17. The van der Waals surface area contributed by atoms with Crippen LogP contribution in [0.5, 0.6) is 0 Å². The van der Waals surface area contributed by atoms with Crippen LogP contribution in [0.15, 0.2) is 23.8 Å². The van der Waals surface area contributed by atoms with E-state index in [0.717, 1.165) is 84.8 Å². The van der Waals surface area contributed by atoms with Crippen molar-refractivity contribution in [2.24, 2.45) is 11.8 Å². The van der Waals surface area contributed by atoms with E-state index in [2.05, 4.69) is 129 Å². The standard InChI is InChI=1S/C46H94O8Si4/c1-20-56(21-2,22-3)52-44(38(12)33-40(14)51-55(17,18)19)45(53-57(23-4,24-5)25-6)43(49)34-42(48)35-46(16,54-58(26-7,27-8)28-9)39(13)32-37(11)31-36(10)29-30-50-41(15)47/h32,36,38,40,42,44-45,48H,11,20-31,33-35H2,1-10,12-19H3/b39-32+/t36-,38+,40-,42-,44-,45-,46+/m0/s1. The lowest BCUT2D eigenvalue weighted by Gasteiger charge is -2.44. The van der Waals surface area contributed by atoms with Gasteiger partial charge in [0, 0.05) is 25.9 Å². The molecule has 0 unspecified atom stereocenters. The molecule has 0 aliphatic rings. The minimum absolute atomic E-state index is 0.0118. The quantitative estimate of drug-likeness (QED) is 0.0395. The maximum Gasteiger partial charge on any atom is 0.302 e. The van der Waals surface area contributed by atoms with Crippen LogP contribution in [0, 0.1) is 11.8 Å². The molecule has 0 aromatic rings. The summed E-state index contributed by atoms with van der Waals surface area (Å²) in [7, 11) is -8.45. The molecule has 0 fully saturated rings. The van der Waals surface area contributed by atoms with E-state index in [-0.39, 0.29) is 42.5 Å². The number of aliphatic hydroxyl groups is 1. The van der Waals surface area contributed by atoms with Crippen LogP contribution in [0.1, 0.15) is 136 Å². The summed E-state index contributed by atoms with van der Waals surface area (Å²) in [6, 6.07) is 8.57. The molecule has 0 bridgehead atoms. The molecule has 0 radical (unpaired) electrons. The van der Waals surface area contributed by atoms with E-state index in [0.29, 0.717) is 6.61 Å². The molecule has 12 heteroatoms. The molecule has 0 spiro atoms. The summed E-state index contributed by atoms with van der Waals surface area (Å²) in [5, 5.41) is 12.2. The average molecular weight is 888 g/mol. The Morgan fingerprint density at radius 2 is 1.19 bits per heavy atom. The van der Waals surface area contributed by atoms with Crippen molar-refractivity contribution in [2.75, 3.05) is 6.61 Å². The molecule has 0 rings (SSSR count). The molecule has 0 aromatic carbocycles. The van der Waals surface area contributed by atoms with Crippen LogP contribution in [-0.2, 0) is 32.0 Å². The smallest absolute Gasteiger partial charge is 0.302 e. The second kappa shape index (κ2) is 26.7. The zero-order valence-corrected chi connectivity index (χ0v) is 45.2. The van der Waals surface area contributed by atoms with Crippen molar-refractivity contribution >= 4 is 45.0 Å². The minimum atomic E-state index is -2.30. The number of hydrogen-bond donors (Lipinski definition) is 1. The van der Waals surface area contributed by atoms with Gasteiger partial charge in [0.05, 0.1) is 24.4 Å². The van der Waals surface area contributed by atoms with E-state index < -0.39 is 57.2 Å². The highest BCUT2D eigenvalue weighted by atomic mass is 28.4. The van der Waals surface area contributed by atoms with E-state index in [1.165, 1.54) is 6.92 Å². The number of rotatable bonds is 33. The van der Waals surface area contributed by atoms with Gasteiger partial charge < -0.3 is 27.5 Å². The van der Waals surface area contributed by atoms with Crippen LogP contribution in [0.2, 0.25) is 74.0 Å². The number of aliphatic hydroxyl groups excluding tert-OH is 1. The fourth-order valence-corrected chi connectivity index (χ4v) is 18.9. The Morgan fingerprint density at radius 3 is 1.62 bits per heavy atom. The average Bonchev–Trinajstić information content (AvgIpc) is 3.14. The number of carbonyl (C=O) groups excluding carboxylic acids is 2. The third-order valence-corrected chi connectivity index (χ3v) is 28.4. The fourth-order valence-electron chi connectivity index (χ4n) is 8.73. The van der Waals surface area contributed by atoms with Crippen molar-refractivity contribution in [1.29, 1.82) is 0 Å². The summed E-state index contributed by atoms with van der Waals surface area (Å²) in [4.78, 5) is 26.4. The van der Waals surface area contributed by atoms with Crippen LogP contribution >= 0.6 is 0 Å². The Kier molecular flexibility index (Phi) is 26.4. The number of ketones is 1. The molecule has 0 saturated carbocycles.